The van der Waals surface area contributed by atoms with Gasteiger partial charge in [0, 0.05) is 12.6 Å². The van der Waals surface area contributed by atoms with Crippen molar-refractivity contribution in [3.05, 3.63) is 12.2 Å². The van der Waals surface area contributed by atoms with E-state index in [2.05, 4.69) is 19.7 Å². The first-order chi connectivity index (χ1) is 7.40. The molecular formula is C10H15ClN4. The summed E-state index contributed by atoms with van der Waals surface area (Å²) in [4.78, 5) is 2.59. The van der Waals surface area contributed by atoms with E-state index in [9.17, 15) is 0 Å². The van der Waals surface area contributed by atoms with E-state index in [-0.39, 0.29) is 0 Å². The quantitative estimate of drug-likeness (QED) is 0.716. The molecule has 5 heteroatoms. The highest BCUT2D eigenvalue weighted by atomic mass is 35.5. The van der Waals surface area contributed by atoms with E-state index < -0.39 is 0 Å². The van der Waals surface area contributed by atoms with Crippen molar-refractivity contribution < 1.29 is 0 Å². The molecule has 3 heterocycles. The molecule has 4 nitrogen and oxygen atoms in total. The van der Waals surface area contributed by atoms with Gasteiger partial charge in [-0.1, -0.05) is 0 Å². The van der Waals surface area contributed by atoms with Crippen LogP contribution in [-0.2, 0) is 5.88 Å². The van der Waals surface area contributed by atoms with Crippen molar-refractivity contribution in [1.29, 1.82) is 0 Å². The second kappa shape index (κ2) is 3.76. The number of fused-ring (bicyclic) bond motifs is 1. The predicted molar refractivity (Wildman–Crippen MR) is 57.8 cm³/mol. The Balaban J connectivity index is 1.88. The Hall–Kier alpha value is -0.610. The third kappa shape index (κ3) is 1.47. The lowest BCUT2D eigenvalue weighted by molar-refractivity contribution is 0.288. The second-order valence-corrected chi connectivity index (χ2v) is 4.66. The van der Waals surface area contributed by atoms with Gasteiger partial charge in [-0.2, -0.15) is 0 Å². The minimum absolute atomic E-state index is 0.462. The molecule has 15 heavy (non-hydrogen) atoms. The second-order valence-electron chi connectivity index (χ2n) is 4.39. The maximum Gasteiger partial charge on any atom is 0.148 e. The van der Waals surface area contributed by atoms with E-state index in [4.69, 9.17) is 11.6 Å². The monoisotopic (exact) mass is 226 g/mol. The van der Waals surface area contributed by atoms with Crippen LogP contribution in [0.4, 0.5) is 0 Å². The summed E-state index contributed by atoms with van der Waals surface area (Å²) in [6.45, 7) is 2.48. The Kier molecular flexibility index (Phi) is 2.41. The number of hydrogen-bond donors (Lipinski definition) is 0. The fourth-order valence-electron chi connectivity index (χ4n) is 3.02. The fraction of sp³-hybridized carbons (Fsp3) is 0.800. The molecule has 2 fully saturated rings. The predicted octanol–water partition coefficient (Wildman–Crippen LogP) is 1.43. The minimum Gasteiger partial charge on any atom is -0.312 e. The van der Waals surface area contributed by atoms with E-state index in [1.807, 2.05) is 6.33 Å². The molecule has 82 valence electrons. The van der Waals surface area contributed by atoms with Crippen LogP contribution in [0.3, 0.4) is 0 Å². The molecule has 2 aliphatic heterocycles. The van der Waals surface area contributed by atoms with Gasteiger partial charge in [0.25, 0.3) is 0 Å². The van der Waals surface area contributed by atoms with Crippen LogP contribution in [0.2, 0.25) is 0 Å². The largest absolute Gasteiger partial charge is 0.312 e. The number of alkyl halides is 1. The maximum atomic E-state index is 5.86. The van der Waals surface area contributed by atoms with Crippen LogP contribution in [0, 0.1) is 0 Å². The Labute approximate surface area is 94.2 Å². The SMILES string of the molecule is ClCc1nncn1C1CCN2CCCC12. The van der Waals surface area contributed by atoms with Crippen LogP contribution in [0.1, 0.15) is 31.1 Å². The molecule has 1 aromatic rings. The molecule has 0 saturated carbocycles. The highest BCUT2D eigenvalue weighted by molar-refractivity contribution is 6.16. The number of halogens is 1. The van der Waals surface area contributed by atoms with Gasteiger partial charge >= 0.3 is 0 Å². The van der Waals surface area contributed by atoms with Crippen LogP contribution >= 0.6 is 11.6 Å². The molecule has 0 bridgehead atoms. The fourth-order valence-corrected chi connectivity index (χ4v) is 3.21. The summed E-state index contributed by atoms with van der Waals surface area (Å²) in [5.41, 5.74) is 0. The Morgan fingerprint density at radius 3 is 3.13 bits per heavy atom. The Morgan fingerprint density at radius 1 is 1.33 bits per heavy atom. The molecule has 2 saturated heterocycles. The summed E-state index contributed by atoms with van der Waals surface area (Å²) in [5, 5.41) is 8.02. The van der Waals surface area contributed by atoms with E-state index in [0.717, 1.165) is 5.82 Å². The molecule has 2 aliphatic rings. The van der Waals surface area contributed by atoms with Gasteiger partial charge in [-0.05, 0) is 25.8 Å². The van der Waals surface area contributed by atoms with Crippen molar-refractivity contribution in [2.75, 3.05) is 13.1 Å². The number of hydrogen-bond acceptors (Lipinski definition) is 3. The van der Waals surface area contributed by atoms with Crippen molar-refractivity contribution >= 4 is 11.6 Å². The van der Waals surface area contributed by atoms with Crippen molar-refractivity contribution in [3.63, 3.8) is 0 Å². The normalized spacial score (nSPS) is 31.0. The zero-order valence-electron chi connectivity index (χ0n) is 8.64. The van der Waals surface area contributed by atoms with Gasteiger partial charge in [0.1, 0.15) is 12.2 Å². The lowest BCUT2D eigenvalue weighted by Crippen LogP contribution is -2.27. The molecule has 0 radical (unpaired) electrons. The average Bonchev–Trinajstić information content (AvgIpc) is 2.92. The molecule has 0 amide bonds. The molecule has 2 unspecified atom stereocenters. The summed E-state index contributed by atoms with van der Waals surface area (Å²) in [7, 11) is 0. The van der Waals surface area contributed by atoms with E-state index in [1.54, 1.807) is 0 Å². The van der Waals surface area contributed by atoms with Gasteiger partial charge in [-0.25, -0.2) is 0 Å². The minimum atomic E-state index is 0.462. The van der Waals surface area contributed by atoms with Crippen molar-refractivity contribution in [1.82, 2.24) is 19.7 Å². The molecule has 1 aromatic heterocycles. The van der Waals surface area contributed by atoms with Gasteiger partial charge in [-0.3, -0.25) is 4.90 Å². The zero-order valence-corrected chi connectivity index (χ0v) is 9.40. The molecule has 3 rings (SSSR count). The molecule has 0 spiro atoms. The lowest BCUT2D eigenvalue weighted by Gasteiger charge is -2.21. The highest BCUT2D eigenvalue weighted by Gasteiger charge is 2.38. The van der Waals surface area contributed by atoms with E-state index in [0.29, 0.717) is 18.0 Å². The van der Waals surface area contributed by atoms with Crippen molar-refractivity contribution in [2.45, 2.75) is 37.2 Å². The summed E-state index contributed by atoms with van der Waals surface area (Å²) in [6, 6.07) is 1.25. The van der Waals surface area contributed by atoms with E-state index >= 15 is 0 Å². The number of nitrogens with zero attached hydrogens (tertiary/aromatic N) is 4. The first-order valence-electron chi connectivity index (χ1n) is 5.58. The highest BCUT2D eigenvalue weighted by Crippen LogP contribution is 2.36. The van der Waals surface area contributed by atoms with Crippen LogP contribution in [0.5, 0.6) is 0 Å². The van der Waals surface area contributed by atoms with Crippen molar-refractivity contribution in [2.24, 2.45) is 0 Å². The van der Waals surface area contributed by atoms with Gasteiger partial charge in [-0.15, -0.1) is 21.8 Å². The van der Waals surface area contributed by atoms with Gasteiger partial charge < -0.3 is 4.57 Å². The van der Waals surface area contributed by atoms with Gasteiger partial charge in [0.05, 0.1) is 11.9 Å². The van der Waals surface area contributed by atoms with Gasteiger partial charge in [0.2, 0.25) is 0 Å². The van der Waals surface area contributed by atoms with Gasteiger partial charge in [0.15, 0.2) is 0 Å². The molecule has 0 N–H and O–H groups in total. The topological polar surface area (TPSA) is 34.0 Å². The summed E-state index contributed by atoms with van der Waals surface area (Å²) >= 11 is 5.86. The van der Waals surface area contributed by atoms with Crippen molar-refractivity contribution in [3.8, 4) is 0 Å². The van der Waals surface area contributed by atoms with Crippen LogP contribution in [-0.4, -0.2) is 38.8 Å². The van der Waals surface area contributed by atoms with Crippen LogP contribution < -0.4 is 0 Å². The first kappa shape index (κ1) is 9.60. The third-order valence-electron chi connectivity index (χ3n) is 3.69. The summed E-state index contributed by atoms with van der Waals surface area (Å²) < 4.78 is 2.18. The number of aromatic nitrogens is 3. The Bertz CT molecular complexity index is 351. The molecule has 2 atom stereocenters. The first-order valence-corrected chi connectivity index (χ1v) is 6.12. The molecule has 0 aliphatic carbocycles. The lowest BCUT2D eigenvalue weighted by atomic mass is 10.1. The standard InChI is InChI=1S/C10H15ClN4/c11-6-10-13-12-7-15(10)9-3-5-14-4-1-2-8(9)14/h7-9H,1-6H2. The average molecular weight is 227 g/mol. The summed E-state index contributed by atoms with van der Waals surface area (Å²) in [6.07, 6.45) is 5.70. The molecular weight excluding hydrogens is 212 g/mol. The Morgan fingerprint density at radius 2 is 2.27 bits per heavy atom. The molecule has 0 aromatic carbocycles. The number of rotatable bonds is 2. The van der Waals surface area contributed by atoms with E-state index in [1.165, 1.54) is 32.4 Å². The summed E-state index contributed by atoms with van der Waals surface area (Å²) in [5.74, 6) is 1.37. The smallest absolute Gasteiger partial charge is 0.148 e. The maximum absolute atomic E-state index is 5.86. The zero-order chi connectivity index (χ0) is 10.3. The van der Waals surface area contributed by atoms with Crippen LogP contribution in [0.25, 0.3) is 0 Å². The van der Waals surface area contributed by atoms with Crippen LogP contribution in [0.15, 0.2) is 6.33 Å². The third-order valence-corrected chi connectivity index (χ3v) is 3.93.